The number of rotatable bonds is 4. The van der Waals surface area contributed by atoms with Crippen LogP contribution in [0.4, 0.5) is 5.69 Å². The molecule has 0 aliphatic heterocycles. The van der Waals surface area contributed by atoms with Crippen molar-refractivity contribution in [3.05, 3.63) is 29.8 Å². The number of benzene rings is 1. The van der Waals surface area contributed by atoms with Gasteiger partial charge in [0.2, 0.25) is 0 Å². The Balaban J connectivity index is 2.95. The molecule has 0 spiro atoms. The van der Waals surface area contributed by atoms with Crippen molar-refractivity contribution in [1.82, 2.24) is 0 Å². The molecule has 2 nitrogen and oxygen atoms in total. The van der Waals surface area contributed by atoms with E-state index >= 15 is 0 Å². The number of Topliss-reactive ketones (excluding diaryl/α,β-unsaturated/α-hetero) is 1. The highest BCUT2D eigenvalue weighted by Crippen LogP contribution is 2.17. The summed E-state index contributed by atoms with van der Waals surface area (Å²) in [6.45, 7) is 4.02. The maximum absolute atomic E-state index is 11.9. The minimum absolute atomic E-state index is 0.113. The molecule has 1 unspecified atom stereocenters. The van der Waals surface area contributed by atoms with Crippen LogP contribution < -0.4 is 4.90 Å². The van der Waals surface area contributed by atoms with Crippen molar-refractivity contribution >= 4 is 11.5 Å². The maximum Gasteiger partial charge on any atom is 0.165 e. The van der Waals surface area contributed by atoms with Gasteiger partial charge in [-0.05, 0) is 18.6 Å². The van der Waals surface area contributed by atoms with Gasteiger partial charge in [-0.25, -0.2) is 0 Å². The first-order valence-corrected chi connectivity index (χ1v) is 5.37. The molecule has 0 N–H and O–H groups in total. The quantitative estimate of drug-likeness (QED) is 0.704. The van der Waals surface area contributed by atoms with Crippen LogP contribution in [0.25, 0.3) is 0 Å². The molecule has 0 saturated heterocycles. The van der Waals surface area contributed by atoms with Gasteiger partial charge in [-0.2, -0.15) is 0 Å². The Labute approximate surface area is 91.9 Å². The van der Waals surface area contributed by atoms with E-state index in [9.17, 15) is 4.79 Å². The van der Waals surface area contributed by atoms with Crippen LogP contribution in [-0.4, -0.2) is 19.9 Å². The highest BCUT2D eigenvalue weighted by molar-refractivity contribution is 5.98. The van der Waals surface area contributed by atoms with E-state index in [2.05, 4.69) is 0 Å². The molecule has 1 rings (SSSR count). The lowest BCUT2D eigenvalue weighted by atomic mass is 9.97. The molecule has 2 heteroatoms. The second-order valence-corrected chi connectivity index (χ2v) is 4.12. The number of anilines is 1. The summed E-state index contributed by atoms with van der Waals surface area (Å²) in [5.74, 6) is 0.351. The van der Waals surface area contributed by atoms with Crippen LogP contribution in [0.2, 0.25) is 0 Å². The molecule has 82 valence electrons. The highest BCUT2D eigenvalue weighted by atomic mass is 16.1. The maximum atomic E-state index is 11.9. The van der Waals surface area contributed by atoms with Gasteiger partial charge in [0.15, 0.2) is 5.78 Å². The summed E-state index contributed by atoms with van der Waals surface area (Å²) >= 11 is 0. The fourth-order valence-electron chi connectivity index (χ4n) is 1.41. The Morgan fingerprint density at radius 3 is 2.60 bits per heavy atom. The van der Waals surface area contributed by atoms with Crippen LogP contribution in [0.5, 0.6) is 0 Å². The second-order valence-electron chi connectivity index (χ2n) is 4.12. The standard InChI is InChI=1S/C13H19NO/c1-5-10(2)13(15)11-7-6-8-12(9-11)14(3)4/h6-10H,5H2,1-4H3. The van der Waals surface area contributed by atoms with Crippen LogP contribution in [0.1, 0.15) is 30.6 Å². The van der Waals surface area contributed by atoms with E-state index in [-0.39, 0.29) is 11.7 Å². The molecule has 15 heavy (non-hydrogen) atoms. The second kappa shape index (κ2) is 4.96. The van der Waals surface area contributed by atoms with Gasteiger partial charge in [0.25, 0.3) is 0 Å². The molecule has 1 atom stereocenters. The fraction of sp³-hybridized carbons (Fsp3) is 0.462. The first-order chi connectivity index (χ1) is 7.06. The Bertz CT molecular complexity index is 344. The molecule has 0 heterocycles. The van der Waals surface area contributed by atoms with E-state index in [1.807, 2.05) is 57.1 Å². The number of hydrogen-bond acceptors (Lipinski definition) is 2. The average molecular weight is 205 g/mol. The van der Waals surface area contributed by atoms with Crippen LogP contribution in [0.15, 0.2) is 24.3 Å². The number of nitrogens with zero attached hydrogens (tertiary/aromatic N) is 1. The minimum atomic E-state index is 0.113. The van der Waals surface area contributed by atoms with Gasteiger partial charge in [0, 0.05) is 31.3 Å². The Morgan fingerprint density at radius 1 is 1.40 bits per heavy atom. The lowest BCUT2D eigenvalue weighted by molar-refractivity contribution is 0.0927. The van der Waals surface area contributed by atoms with Gasteiger partial charge >= 0.3 is 0 Å². The molecule has 0 aliphatic carbocycles. The zero-order chi connectivity index (χ0) is 11.4. The number of carbonyl (C=O) groups is 1. The summed E-state index contributed by atoms with van der Waals surface area (Å²) in [5, 5.41) is 0. The lowest BCUT2D eigenvalue weighted by Crippen LogP contribution is -2.13. The van der Waals surface area contributed by atoms with Crippen molar-refractivity contribution in [1.29, 1.82) is 0 Å². The zero-order valence-corrected chi connectivity index (χ0v) is 9.95. The Hall–Kier alpha value is -1.31. The normalized spacial score (nSPS) is 12.3. The van der Waals surface area contributed by atoms with Gasteiger partial charge in [-0.15, -0.1) is 0 Å². The first kappa shape index (κ1) is 11.8. The summed E-state index contributed by atoms with van der Waals surface area (Å²) in [6, 6.07) is 7.79. The SMILES string of the molecule is CCC(C)C(=O)c1cccc(N(C)C)c1. The average Bonchev–Trinajstić information content (AvgIpc) is 2.27. The molecule has 0 saturated carbocycles. The number of ketones is 1. The molecule has 0 radical (unpaired) electrons. The third-order valence-corrected chi connectivity index (χ3v) is 2.71. The third-order valence-electron chi connectivity index (χ3n) is 2.71. The molecular weight excluding hydrogens is 186 g/mol. The van der Waals surface area contributed by atoms with Crippen molar-refractivity contribution in [2.24, 2.45) is 5.92 Å². The predicted molar refractivity (Wildman–Crippen MR) is 64.6 cm³/mol. The molecule has 0 aromatic heterocycles. The molecule has 0 bridgehead atoms. The van der Waals surface area contributed by atoms with Gasteiger partial charge in [0.05, 0.1) is 0 Å². The molecule has 1 aromatic rings. The number of hydrogen-bond donors (Lipinski definition) is 0. The van der Waals surface area contributed by atoms with E-state index in [0.717, 1.165) is 17.7 Å². The van der Waals surface area contributed by atoms with E-state index in [0.29, 0.717) is 0 Å². The lowest BCUT2D eigenvalue weighted by Gasteiger charge is -2.14. The van der Waals surface area contributed by atoms with Gasteiger partial charge < -0.3 is 4.90 Å². The van der Waals surface area contributed by atoms with Crippen LogP contribution in [-0.2, 0) is 0 Å². The Kier molecular flexibility index (Phi) is 3.89. The number of carbonyl (C=O) groups excluding carboxylic acids is 1. The van der Waals surface area contributed by atoms with E-state index in [4.69, 9.17) is 0 Å². The fourth-order valence-corrected chi connectivity index (χ4v) is 1.41. The first-order valence-electron chi connectivity index (χ1n) is 5.37. The van der Waals surface area contributed by atoms with Crippen molar-refractivity contribution in [2.45, 2.75) is 20.3 Å². The molecule has 0 aliphatic rings. The van der Waals surface area contributed by atoms with Crippen molar-refractivity contribution in [2.75, 3.05) is 19.0 Å². The van der Waals surface area contributed by atoms with Gasteiger partial charge in [-0.3, -0.25) is 4.79 Å². The summed E-state index contributed by atoms with van der Waals surface area (Å²) < 4.78 is 0. The van der Waals surface area contributed by atoms with E-state index < -0.39 is 0 Å². The topological polar surface area (TPSA) is 20.3 Å². The van der Waals surface area contributed by atoms with Gasteiger partial charge in [-0.1, -0.05) is 26.0 Å². The molecule has 1 aromatic carbocycles. The molecule has 0 amide bonds. The van der Waals surface area contributed by atoms with Crippen molar-refractivity contribution in [3.8, 4) is 0 Å². The smallest absolute Gasteiger partial charge is 0.165 e. The monoisotopic (exact) mass is 205 g/mol. The largest absolute Gasteiger partial charge is 0.378 e. The predicted octanol–water partition coefficient (Wildman–Crippen LogP) is 2.98. The van der Waals surface area contributed by atoms with Crippen molar-refractivity contribution in [3.63, 3.8) is 0 Å². The van der Waals surface area contributed by atoms with Crippen LogP contribution >= 0.6 is 0 Å². The Morgan fingerprint density at radius 2 is 2.07 bits per heavy atom. The minimum Gasteiger partial charge on any atom is -0.378 e. The van der Waals surface area contributed by atoms with Crippen LogP contribution in [0.3, 0.4) is 0 Å². The molecular formula is C13H19NO. The summed E-state index contributed by atoms with van der Waals surface area (Å²) in [6.07, 6.45) is 0.894. The van der Waals surface area contributed by atoms with Crippen LogP contribution in [0, 0.1) is 5.92 Å². The van der Waals surface area contributed by atoms with Gasteiger partial charge in [0.1, 0.15) is 0 Å². The van der Waals surface area contributed by atoms with E-state index in [1.165, 1.54) is 0 Å². The summed E-state index contributed by atoms with van der Waals surface area (Å²) in [5.41, 5.74) is 1.89. The zero-order valence-electron chi connectivity index (χ0n) is 9.95. The third kappa shape index (κ3) is 2.82. The highest BCUT2D eigenvalue weighted by Gasteiger charge is 2.13. The van der Waals surface area contributed by atoms with E-state index in [1.54, 1.807) is 0 Å². The van der Waals surface area contributed by atoms with Crippen molar-refractivity contribution < 1.29 is 4.79 Å². The molecule has 0 fully saturated rings. The summed E-state index contributed by atoms with van der Waals surface area (Å²) in [7, 11) is 3.96. The summed E-state index contributed by atoms with van der Waals surface area (Å²) in [4.78, 5) is 13.9.